The van der Waals surface area contributed by atoms with E-state index in [0.29, 0.717) is 68.8 Å². The Labute approximate surface area is 203 Å². The fourth-order valence-electron chi connectivity index (χ4n) is 5.84. The fourth-order valence-corrected chi connectivity index (χ4v) is 5.84. The Kier molecular flexibility index (Phi) is 5.55. The number of hydrogen-bond acceptors (Lipinski definition) is 7. The Bertz CT molecular complexity index is 1160. The molecular formula is C25H29FN6O3. The summed E-state index contributed by atoms with van der Waals surface area (Å²) < 4.78 is 20.2. The molecule has 1 aromatic heterocycles. The van der Waals surface area contributed by atoms with Gasteiger partial charge in [-0.3, -0.25) is 14.5 Å². The standard InChI is InChI=1S/C25H29FN6O3/c26-19-13-17(5-6-20(19)31-9-11-35-12-10-31)29-24-28-15-16-14-25(7-8-27-22(25)33)23(34)32(21(16)30-24)18-3-1-2-4-18/h5-6,13,15,18H,1-4,7-12,14H2,(H,27,33)(H,28,29,30). The molecule has 2 N–H and O–H groups in total. The van der Waals surface area contributed by atoms with Crippen molar-refractivity contribution in [3.8, 4) is 0 Å². The van der Waals surface area contributed by atoms with E-state index in [9.17, 15) is 14.0 Å². The third-order valence-electron chi connectivity index (χ3n) is 7.71. The maximum atomic E-state index is 14.9. The zero-order chi connectivity index (χ0) is 24.0. The van der Waals surface area contributed by atoms with Crippen LogP contribution in [-0.4, -0.2) is 60.7 Å². The molecule has 3 aliphatic heterocycles. The SMILES string of the molecule is O=C1NCCC12Cc1cnc(Nc3ccc(N4CCOCC4)c(F)c3)nc1N(C1CCCC1)C2=O. The van der Waals surface area contributed by atoms with Crippen molar-refractivity contribution in [2.45, 2.75) is 44.6 Å². The minimum absolute atomic E-state index is 0.0276. The van der Waals surface area contributed by atoms with Crippen LogP contribution in [0.3, 0.4) is 0 Å². The highest BCUT2D eigenvalue weighted by atomic mass is 19.1. The number of nitrogens with zero attached hydrogens (tertiary/aromatic N) is 4. The van der Waals surface area contributed by atoms with Crippen molar-refractivity contribution in [3.63, 3.8) is 0 Å². The number of aromatic nitrogens is 2. The molecule has 2 aromatic rings. The van der Waals surface area contributed by atoms with Crippen LogP contribution in [0.1, 0.15) is 37.7 Å². The van der Waals surface area contributed by atoms with Crippen LogP contribution in [0.25, 0.3) is 0 Å². The highest BCUT2D eigenvalue weighted by molar-refractivity contribution is 6.14. The second-order valence-corrected chi connectivity index (χ2v) is 9.81. The molecule has 10 heteroatoms. The minimum atomic E-state index is -1.06. The smallest absolute Gasteiger partial charge is 0.244 e. The zero-order valence-electron chi connectivity index (χ0n) is 19.6. The van der Waals surface area contributed by atoms with Crippen LogP contribution in [0.2, 0.25) is 0 Å². The number of anilines is 4. The summed E-state index contributed by atoms with van der Waals surface area (Å²) in [5.41, 5.74) is 0.809. The van der Waals surface area contributed by atoms with Crippen LogP contribution >= 0.6 is 0 Å². The summed E-state index contributed by atoms with van der Waals surface area (Å²) in [5.74, 6) is 0.179. The average molecular weight is 481 g/mol. The maximum absolute atomic E-state index is 14.9. The number of ether oxygens (including phenoxy) is 1. The van der Waals surface area contributed by atoms with Gasteiger partial charge in [0.2, 0.25) is 17.8 Å². The van der Waals surface area contributed by atoms with E-state index in [1.807, 2.05) is 4.90 Å². The Morgan fingerprint density at radius 3 is 2.69 bits per heavy atom. The van der Waals surface area contributed by atoms with E-state index in [1.165, 1.54) is 6.07 Å². The molecule has 2 saturated heterocycles. The molecule has 1 unspecified atom stereocenters. The summed E-state index contributed by atoms with van der Waals surface area (Å²) >= 11 is 0. The van der Waals surface area contributed by atoms with E-state index in [1.54, 1.807) is 23.2 Å². The molecule has 1 saturated carbocycles. The van der Waals surface area contributed by atoms with Crippen molar-refractivity contribution in [3.05, 3.63) is 35.8 Å². The predicted molar refractivity (Wildman–Crippen MR) is 128 cm³/mol. The number of carbonyl (C=O) groups excluding carboxylic acids is 2. The number of morpholine rings is 1. The van der Waals surface area contributed by atoms with Gasteiger partial charge >= 0.3 is 0 Å². The highest BCUT2D eigenvalue weighted by Crippen LogP contribution is 2.44. The molecule has 9 nitrogen and oxygen atoms in total. The van der Waals surface area contributed by atoms with Gasteiger partial charge < -0.3 is 20.3 Å². The molecule has 4 aliphatic rings. The molecule has 1 aromatic carbocycles. The fraction of sp³-hybridized carbons (Fsp3) is 0.520. The van der Waals surface area contributed by atoms with E-state index >= 15 is 0 Å². The lowest BCUT2D eigenvalue weighted by Gasteiger charge is -2.40. The van der Waals surface area contributed by atoms with Gasteiger partial charge in [-0.15, -0.1) is 0 Å². The van der Waals surface area contributed by atoms with E-state index < -0.39 is 5.41 Å². The summed E-state index contributed by atoms with van der Waals surface area (Å²) in [6.07, 6.45) is 6.38. The number of hydrogen-bond donors (Lipinski definition) is 2. The maximum Gasteiger partial charge on any atom is 0.244 e. The van der Waals surface area contributed by atoms with Crippen LogP contribution in [0.5, 0.6) is 0 Å². The highest BCUT2D eigenvalue weighted by Gasteiger charge is 2.56. The van der Waals surface area contributed by atoms with Crippen molar-refractivity contribution >= 4 is 35.0 Å². The molecule has 6 rings (SSSR count). The van der Waals surface area contributed by atoms with Crippen LogP contribution in [0.4, 0.5) is 27.5 Å². The lowest BCUT2D eigenvalue weighted by atomic mass is 9.76. The van der Waals surface area contributed by atoms with E-state index in [4.69, 9.17) is 9.72 Å². The first kappa shape index (κ1) is 22.2. The quantitative estimate of drug-likeness (QED) is 0.649. The van der Waals surface area contributed by atoms with Crippen molar-refractivity contribution in [2.75, 3.05) is 48.0 Å². The van der Waals surface area contributed by atoms with E-state index in [2.05, 4.69) is 15.6 Å². The van der Waals surface area contributed by atoms with Gasteiger partial charge in [-0.25, -0.2) is 9.37 Å². The third-order valence-corrected chi connectivity index (χ3v) is 7.71. The third kappa shape index (κ3) is 3.80. The molecule has 2 amide bonds. The second-order valence-electron chi connectivity index (χ2n) is 9.81. The minimum Gasteiger partial charge on any atom is -0.378 e. The summed E-state index contributed by atoms with van der Waals surface area (Å²) in [4.78, 5) is 39.4. The molecule has 1 atom stereocenters. The molecule has 0 bridgehead atoms. The first-order valence-corrected chi connectivity index (χ1v) is 12.4. The van der Waals surface area contributed by atoms with Gasteiger partial charge in [-0.1, -0.05) is 12.8 Å². The molecule has 3 fully saturated rings. The Morgan fingerprint density at radius 1 is 1.17 bits per heavy atom. The molecule has 35 heavy (non-hydrogen) atoms. The summed E-state index contributed by atoms with van der Waals surface area (Å²) in [6.45, 7) is 2.98. The summed E-state index contributed by atoms with van der Waals surface area (Å²) in [7, 11) is 0. The molecule has 4 heterocycles. The van der Waals surface area contributed by atoms with Gasteiger partial charge in [0.25, 0.3) is 0 Å². The molecule has 1 spiro atoms. The first-order valence-electron chi connectivity index (χ1n) is 12.4. The lowest BCUT2D eigenvalue weighted by Crippen LogP contribution is -2.56. The number of carbonyl (C=O) groups is 2. The second kappa shape index (κ2) is 8.75. The van der Waals surface area contributed by atoms with Gasteiger partial charge in [0.15, 0.2) is 0 Å². The van der Waals surface area contributed by atoms with Gasteiger partial charge in [0, 0.05) is 49.5 Å². The molecule has 0 radical (unpaired) electrons. The van der Waals surface area contributed by atoms with Gasteiger partial charge in [0.1, 0.15) is 17.1 Å². The van der Waals surface area contributed by atoms with Gasteiger partial charge in [-0.05, 0) is 37.5 Å². The Morgan fingerprint density at radius 2 is 1.97 bits per heavy atom. The lowest BCUT2D eigenvalue weighted by molar-refractivity contribution is -0.140. The number of benzene rings is 1. The van der Waals surface area contributed by atoms with Crippen molar-refractivity contribution < 1.29 is 18.7 Å². The topological polar surface area (TPSA) is 99.7 Å². The summed E-state index contributed by atoms with van der Waals surface area (Å²) in [6, 6.07) is 5.01. The van der Waals surface area contributed by atoms with Crippen molar-refractivity contribution in [1.82, 2.24) is 15.3 Å². The van der Waals surface area contributed by atoms with Crippen LogP contribution in [-0.2, 0) is 20.7 Å². The molecular weight excluding hydrogens is 451 g/mol. The molecule has 184 valence electrons. The average Bonchev–Trinajstić information content (AvgIpc) is 3.52. The predicted octanol–water partition coefficient (Wildman–Crippen LogP) is 2.53. The number of halogens is 1. The van der Waals surface area contributed by atoms with E-state index in [0.717, 1.165) is 31.2 Å². The Hall–Kier alpha value is -3.27. The van der Waals surface area contributed by atoms with Gasteiger partial charge in [-0.2, -0.15) is 4.98 Å². The number of fused-ring (bicyclic) bond motifs is 1. The first-order chi connectivity index (χ1) is 17.0. The van der Waals surface area contributed by atoms with Crippen LogP contribution < -0.4 is 20.4 Å². The molecule has 1 aliphatic carbocycles. The van der Waals surface area contributed by atoms with Crippen molar-refractivity contribution in [1.29, 1.82) is 0 Å². The normalized spacial score (nSPS) is 24.7. The number of amides is 2. The van der Waals surface area contributed by atoms with E-state index in [-0.39, 0.29) is 23.7 Å². The van der Waals surface area contributed by atoms with Crippen molar-refractivity contribution in [2.24, 2.45) is 5.41 Å². The largest absolute Gasteiger partial charge is 0.378 e. The number of nitrogens with one attached hydrogen (secondary N) is 2. The zero-order valence-corrected chi connectivity index (χ0v) is 19.6. The number of rotatable bonds is 4. The van der Waals surface area contributed by atoms with Gasteiger partial charge in [0.05, 0.1) is 18.9 Å². The Balaban J connectivity index is 1.30. The summed E-state index contributed by atoms with van der Waals surface area (Å²) in [5, 5.41) is 5.94. The van der Waals surface area contributed by atoms with Crippen LogP contribution in [0.15, 0.2) is 24.4 Å². The monoisotopic (exact) mass is 480 g/mol. The van der Waals surface area contributed by atoms with Crippen LogP contribution in [0, 0.1) is 11.2 Å².